The van der Waals surface area contributed by atoms with Gasteiger partial charge in [-0.3, -0.25) is 19.2 Å². The molecule has 0 bridgehead atoms. The summed E-state index contributed by atoms with van der Waals surface area (Å²) < 4.78 is 0. The highest BCUT2D eigenvalue weighted by molar-refractivity contribution is 6.16. The Morgan fingerprint density at radius 3 is 1.89 bits per heavy atom. The summed E-state index contributed by atoms with van der Waals surface area (Å²) in [5.74, 6) is -7.22. The van der Waals surface area contributed by atoms with Crippen molar-refractivity contribution >= 4 is 47.3 Å². The van der Waals surface area contributed by atoms with Crippen molar-refractivity contribution in [1.29, 1.82) is 0 Å². The molecule has 6 N–H and O–H groups in total. The van der Waals surface area contributed by atoms with Gasteiger partial charge in [0.05, 0.1) is 0 Å². The van der Waals surface area contributed by atoms with Crippen molar-refractivity contribution in [2.45, 2.75) is 50.6 Å². The molecule has 0 saturated carbocycles. The molecule has 14 heteroatoms. The van der Waals surface area contributed by atoms with Crippen LogP contribution >= 0.6 is 0 Å². The van der Waals surface area contributed by atoms with E-state index in [1.807, 2.05) is 0 Å². The van der Waals surface area contributed by atoms with Crippen LogP contribution in [0.15, 0.2) is 24.3 Å². The fourth-order valence-electron chi connectivity index (χ4n) is 3.63. The molecule has 0 spiro atoms. The third kappa shape index (κ3) is 7.01. The maximum atomic E-state index is 12.9. The largest absolute Gasteiger partial charge is 0.481 e. The molecule has 194 valence electrons. The number of carbonyl (C=O) groups excluding carboxylic acids is 4. The van der Waals surface area contributed by atoms with E-state index in [1.54, 1.807) is 12.1 Å². The maximum Gasteiger partial charge on any atom is 0.335 e. The minimum Gasteiger partial charge on any atom is -0.481 e. The molecule has 1 saturated heterocycles. The summed E-state index contributed by atoms with van der Waals surface area (Å²) in [6.07, 6.45) is -2.00. The number of nitrogens with one attached hydrogen (secondary N) is 1. The van der Waals surface area contributed by atoms with E-state index in [-0.39, 0.29) is 30.2 Å². The number of benzene rings is 1. The van der Waals surface area contributed by atoms with E-state index in [9.17, 15) is 43.8 Å². The molecule has 1 heterocycles. The lowest BCUT2D eigenvalue weighted by Crippen LogP contribution is -2.63. The predicted octanol–water partition coefficient (Wildman–Crippen LogP) is 0.121. The maximum absolute atomic E-state index is 12.9. The summed E-state index contributed by atoms with van der Waals surface area (Å²) in [6.45, 7) is 0.165. The van der Waals surface area contributed by atoms with Crippen LogP contribution in [0.3, 0.4) is 0 Å². The van der Waals surface area contributed by atoms with Crippen molar-refractivity contribution in [3.8, 4) is 0 Å². The number of nitrogen functional groups attached to an aromatic ring is 1. The van der Waals surface area contributed by atoms with Gasteiger partial charge in [-0.25, -0.2) is 24.2 Å². The fraction of sp³-hybridized carbons (Fsp3) is 0.409. The molecular formula is C22H26N4O10. The molecule has 36 heavy (non-hydrogen) atoms. The fourth-order valence-corrected chi connectivity index (χ4v) is 3.63. The van der Waals surface area contributed by atoms with Gasteiger partial charge in [-0.15, -0.1) is 0 Å². The Bertz CT molecular complexity index is 1060. The van der Waals surface area contributed by atoms with Crippen molar-refractivity contribution in [2.75, 3.05) is 12.3 Å². The summed E-state index contributed by atoms with van der Waals surface area (Å²) in [6, 6.07) is 1.18. The average Bonchev–Trinajstić information content (AvgIpc) is 2.79. The number of rotatable bonds is 13. The highest BCUT2D eigenvalue weighted by Gasteiger charge is 2.48. The summed E-state index contributed by atoms with van der Waals surface area (Å²) in [5, 5.41) is 30.5. The van der Waals surface area contributed by atoms with Crippen LogP contribution in [0, 0.1) is 0 Å². The van der Waals surface area contributed by atoms with Crippen molar-refractivity contribution < 1.29 is 48.9 Å². The molecule has 14 nitrogen and oxygen atoms in total. The molecule has 1 aromatic carbocycles. The van der Waals surface area contributed by atoms with Crippen LogP contribution in [-0.2, 0) is 24.0 Å². The van der Waals surface area contributed by atoms with Crippen molar-refractivity contribution in [1.82, 2.24) is 15.1 Å². The van der Waals surface area contributed by atoms with E-state index >= 15 is 0 Å². The summed E-state index contributed by atoms with van der Waals surface area (Å²) in [7, 11) is 0. The zero-order chi connectivity index (χ0) is 27.0. The first-order valence-electron chi connectivity index (χ1n) is 10.9. The smallest absolute Gasteiger partial charge is 0.335 e. The second kappa shape index (κ2) is 12.3. The van der Waals surface area contributed by atoms with Gasteiger partial charge in [-0.2, -0.15) is 0 Å². The van der Waals surface area contributed by atoms with Crippen molar-refractivity contribution in [3.05, 3.63) is 29.8 Å². The molecule has 0 aromatic heterocycles. The second-order valence-corrected chi connectivity index (χ2v) is 8.00. The minimum absolute atomic E-state index is 0.158. The van der Waals surface area contributed by atoms with Gasteiger partial charge < -0.3 is 26.4 Å². The van der Waals surface area contributed by atoms with Gasteiger partial charge in [0.15, 0.2) is 0 Å². The number of unbranched alkanes of at least 4 members (excludes halogenated alkanes) is 1. The average molecular weight is 506 g/mol. The van der Waals surface area contributed by atoms with Gasteiger partial charge >= 0.3 is 23.9 Å². The number of carbonyl (C=O) groups is 7. The molecule has 2 atom stereocenters. The molecule has 0 aliphatic carbocycles. The quantitative estimate of drug-likeness (QED) is 0.137. The van der Waals surface area contributed by atoms with Crippen LogP contribution in [0.2, 0.25) is 0 Å². The number of barbiturate groups is 1. The number of imide groups is 2. The van der Waals surface area contributed by atoms with Crippen LogP contribution in [0.1, 0.15) is 48.9 Å². The molecule has 2 rings (SSSR count). The first-order valence-corrected chi connectivity index (χ1v) is 10.9. The van der Waals surface area contributed by atoms with Crippen LogP contribution in [-0.4, -0.2) is 85.4 Å². The number of nitrogens with two attached hydrogens (primary N) is 1. The number of amides is 5. The lowest BCUT2D eigenvalue weighted by atomic mass is 10.0. The van der Waals surface area contributed by atoms with Gasteiger partial charge in [0.2, 0.25) is 11.8 Å². The molecule has 1 aliphatic rings. The van der Waals surface area contributed by atoms with Gasteiger partial charge in [0.1, 0.15) is 18.5 Å². The summed E-state index contributed by atoms with van der Waals surface area (Å²) in [4.78, 5) is 84.6. The number of carboxylic acids is 3. The molecule has 1 aromatic rings. The zero-order valence-electron chi connectivity index (χ0n) is 19.1. The Labute approximate surface area is 204 Å². The Balaban J connectivity index is 2.04. The van der Waals surface area contributed by atoms with Gasteiger partial charge in [0, 0.05) is 24.2 Å². The first-order chi connectivity index (χ1) is 16.9. The molecular weight excluding hydrogens is 480 g/mol. The molecule has 0 radical (unpaired) electrons. The molecule has 1 unspecified atom stereocenters. The Morgan fingerprint density at radius 2 is 1.39 bits per heavy atom. The number of nitrogens with zero attached hydrogens (tertiary/aromatic N) is 2. The van der Waals surface area contributed by atoms with Crippen LogP contribution < -0.4 is 11.1 Å². The predicted molar refractivity (Wildman–Crippen MR) is 120 cm³/mol. The Kier molecular flexibility index (Phi) is 9.47. The lowest BCUT2D eigenvalue weighted by molar-refractivity contribution is -0.158. The highest BCUT2D eigenvalue weighted by Crippen LogP contribution is 2.23. The van der Waals surface area contributed by atoms with Gasteiger partial charge in [-0.05, 0) is 49.9 Å². The SMILES string of the molecule is Nc1ccc(C(=O)NCCCC[C@@H](C(=O)O)N2C(=O)CC(=O)N(C(CCC(=O)O)C(=O)O)C2=O)cc1. The standard InChI is InChI=1S/C22H26N4O10/c23-13-6-4-12(5-7-13)19(31)24-10-2-1-3-14(20(32)33)25-16(27)11-17(28)26(22(25)36)15(21(34)35)8-9-18(29)30/h4-7,14-15H,1-3,8-11,23H2,(H,24,31)(H,29,30)(H,32,33)(H,34,35)/t14-,15?/m0/s1. The number of hydrogen-bond donors (Lipinski definition) is 5. The Hall–Kier alpha value is -4.49. The third-order valence-electron chi connectivity index (χ3n) is 5.44. The zero-order valence-corrected chi connectivity index (χ0v) is 19.1. The van der Waals surface area contributed by atoms with E-state index in [0.29, 0.717) is 22.6 Å². The highest BCUT2D eigenvalue weighted by atomic mass is 16.4. The number of urea groups is 1. The van der Waals surface area contributed by atoms with Crippen molar-refractivity contribution in [3.63, 3.8) is 0 Å². The van der Waals surface area contributed by atoms with Crippen molar-refractivity contribution in [2.24, 2.45) is 0 Å². The van der Waals surface area contributed by atoms with E-state index in [1.165, 1.54) is 12.1 Å². The van der Waals surface area contributed by atoms with Crippen LogP contribution in [0.4, 0.5) is 10.5 Å². The van der Waals surface area contributed by atoms with Gasteiger partial charge in [-0.1, -0.05) is 0 Å². The summed E-state index contributed by atoms with van der Waals surface area (Å²) in [5.41, 5.74) is 6.43. The van der Waals surface area contributed by atoms with E-state index < -0.39 is 67.1 Å². The first kappa shape index (κ1) is 27.8. The number of anilines is 1. The monoisotopic (exact) mass is 506 g/mol. The number of carboxylic acid groups (broad SMARTS) is 3. The number of hydrogen-bond acceptors (Lipinski definition) is 8. The van der Waals surface area contributed by atoms with Crippen LogP contribution in [0.5, 0.6) is 0 Å². The molecule has 1 aliphatic heterocycles. The third-order valence-corrected chi connectivity index (χ3v) is 5.44. The van der Waals surface area contributed by atoms with E-state index in [2.05, 4.69) is 5.32 Å². The number of aliphatic carboxylic acids is 3. The Morgan fingerprint density at radius 1 is 0.861 bits per heavy atom. The molecule has 5 amide bonds. The molecule has 1 fully saturated rings. The second-order valence-electron chi connectivity index (χ2n) is 8.00. The van der Waals surface area contributed by atoms with E-state index in [4.69, 9.17) is 10.8 Å². The summed E-state index contributed by atoms with van der Waals surface area (Å²) >= 11 is 0. The normalized spacial score (nSPS) is 15.4. The van der Waals surface area contributed by atoms with E-state index in [0.717, 1.165) is 0 Å². The van der Waals surface area contributed by atoms with Crippen LogP contribution in [0.25, 0.3) is 0 Å². The minimum atomic E-state index is -1.88. The topological polar surface area (TPSA) is 225 Å². The van der Waals surface area contributed by atoms with Gasteiger partial charge in [0.25, 0.3) is 5.91 Å². The lowest BCUT2D eigenvalue weighted by Gasteiger charge is -2.38.